The van der Waals surface area contributed by atoms with Crippen LogP contribution in [0.5, 0.6) is 0 Å². The molecule has 3 rings (SSSR count). The molecule has 3 fully saturated rings. The SMILES string of the molecule is CCN(CC)CCOC1CCC(NC2NCC(C3CCC(C(=O)NCC(=O)OC(C)(C)C)CC3)CN2)CC1. The third-order valence-corrected chi connectivity index (χ3v) is 8.54. The van der Waals surface area contributed by atoms with E-state index in [-0.39, 0.29) is 30.6 Å². The largest absolute Gasteiger partial charge is 0.459 e. The van der Waals surface area contributed by atoms with Crippen LogP contribution in [0.1, 0.15) is 86.0 Å². The molecule has 9 heteroatoms. The first-order valence-electron chi connectivity index (χ1n) is 15.2. The lowest BCUT2D eigenvalue weighted by Crippen LogP contribution is -2.63. The Labute approximate surface area is 230 Å². The maximum atomic E-state index is 12.5. The Bertz CT molecular complexity index is 702. The van der Waals surface area contributed by atoms with Crippen LogP contribution in [0.25, 0.3) is 0 Å². The van der Waals surface area contributed by atoms with Gasteiger partial charge in [0.2, 0.25) is 5.91 Å². The lowest BCUT2D eigenvalue weighted by molar-refractivity contribution is -0.154. The zero-order valence-electron chi connectivity index (χ0n) is 24.7. The molecule has 0 bridgehead atoms. The highest BCUT2D eigenvalue weighted by Crippen LogP contribution is 2.34. The van der Waals surface area contributed by atoms with Crippen molar-refractivity contribution in [3.8, 4) is 0 Å². The van der Waals surface area contributed by atoms with Gasteiger partial charge in [0.05, 0.1) is 12.7 Å². The van der Waals surface area contributed by atoms with Crippen molar-refractivity contribution in [2.75, 3.05) is 45.9 Å². The molecule has 2 aliphatic carbocycles. The number of carbonyl (C=O) groups excluding carboxylic acids is 2. The number of amides is 1. The molecule has 9 nitrogen and oxygen atoms in total. The summed E-state index contributed by atoms with van der Waals surface area (Å²) in [5.41, 5.74) is -0.532. The average molecular weight is 538 g/mol. The Hall–Kier alpha value is -1.26. The van der Waals surface area contributed by atoms with Crippen molar-refractivity contribution in [2.24, 2.45) is 17.8 Å². The minimum absolute atomic E-state index is 0.00365. The van der Waals surface area contributed by atoms with E-state index >= 15 is 0 Å². The summed E-state index contributed by atoms with van der Waals surface area (Å²) in [6, 6.07) is 0.536. The number of esters is 1. The maximum Gasteiger partial charge on any atom is 0.325 e. The van der Waals surface area contributed by atoms with E-state index < -0.39 is 5.60 Å². The molecule has 0 atom stereocenters. The number of rotatable bonds is 12. The molecule has 220 valence electrons. The van der Waals surface area contributed by atoms with Gasteiger partial charge in [0.1, 0.15) is 18.4 Å². The molecule has 0 spiro atoms. The van der Waals surface area contributed by atoms with Gasteiger partial charge >= 0.3 is 5.97 Å². The number of carbonyl (C=O) groups is 2. The second kappa shape index (κ2) is 15.5. The van der Waals surface area contributed by atoms with Crippen molar-refractivity contribution in [1.29, 1.82) is 0 Å². The lowest BCUT2D eigenvalue weighted by Gasteiger charge is -2.40. The van der Waals surface area contributed by atoms with E-state index in [4.69, 9.17) is 9.47 Å². The van der Waals surface area contributed by atoms with E-state index in [0.717, 1.165) is 77.9 Å². The fourth-order valence-electron chi connectivity index (χ4n) is 6.19. The van der Waals surface area contributed by atoms with Crippen LogP contribution >= 0.6 is 0 Å². The summed E-state index contributed by atoms with van der Waals surface area (Å²) < 4.78 is 11.4. The molecular weight excluding hydrogens is 482 g/mol. The number of hydrogen-bond acceptors (Lipinski definition) is 8. The summed E-state index contributed by atoms with van der Waals surface area (Å²) in [4.78, 5) is 26.8. The molecule has 1 amide bonds. The van der Waals surface area contributed by atoms with E-state index in [0.29, 0.717) is 24.0 Å². The van der Waals surface area contributed by atoms with Gasteiger partial charge in [-0.05, 0) is 97.1 Å². The summed E-state index contributed by atoms with van der Waals surface area (Å²) in [6.45, 7) is 15.9. The first-order valence-corrected chi connectivity index (χ1v) is 15.2. The van der Waals surface area contributed by atoms with Crippen LogP contribution in [-0.2, 0) is 19.1 Å². The third kappa shape index (κ3) is 10.7. The molecule has 0 unspecified atom stereocenters. The predicted octanol–water partition coefficient (Wildman–Crippen LogP) is 2.60. The number of hydrogen-bond donors (Lipinski definition) is 4. The second-order valence-electron chi connectivity index (χ2n) is 12.5. The smallest absolute Gasteiger partial charge is 0.325 e. The van der Waals surface area contributed by atoms with Crippen molar-refractivity contribution < 1.29 is 19.1 Å². The van der Waals surface area contributed by atoms with Gasteiger partial charge in [-0.2, -0.15) is 0 Å². The van der Waals surface area contributed by atoms with Crippen molar-refractivity contribution in [2.45, 2.75) is 110 Å². The fourth-order valence-corrected chi connectivity index (χ4v) is 6.19. The highest BCUT2D eigenvalue weighted by atomic mass is 16.6. The van der Waals surface area contributed by atoms with Crippen LogP contribution in [0.2, 0.25) is 0 Å². The summed E-state index contributed by atoms with van der Waals surface area (Å²) in [7, 11) is 0. The van der Waals surface area contributed by atoms with E-state index in [1.165, 1.54) is 12.8 Å². The highest BCUT2D eigenvalue weighted by molar-refractivity contribution is 5.83. The third-order valence-electron chi connectivity index (χ3n) is 8.54. The van der Waals surface area contributed by atoms with Crippen molar-refractivity contribution >= 4 is 11.9 Å². The maximum absolute atomic E-state index is 12.5. The van der Waals surface area contributed by atoms with Crippen LogP contribution in [-0.4, -0.2) is 86.7 Å². The molecule has 1 saturated heterocycles. The van der Waals surface area contributed by atoms with Gasteiger partial charge < -0.3 is 19.7 Å². The predicted molar refractivity (Wildman–Crippen MR) is 151 cm³/mol. The highest BCUT2D eigenvalue weighted by Gasteiger charge is 2.33. The van der Waals surface area contributed by atoms with Crippen LogP contribution in [0.4, 0.5) is 0 Å². The van der Waals surface area contributed by atoms with E-state index in [1.54, 1.807) is 0 Å². The summed E-state index contributed by atoms with van der Waals surface area (Å²) in [5, 5.41) is 13.9. The van der Waals surface area contributed by atoms with E-state index in [2.05, 4.69) is 40.0 Å². The lowest BCUT2D eigenvalue weighted by atomic mass is 9.75. The van der Waals surface area contributed by atoms with Crippen LogP contribution in [0.15, 0.2) is 0 Å². The number of nitrogens with zero attached hydrogens (tertiary/aromatic N) is 1. The molecular formula is C29H55N5O4. The van der Waals surface area contributed by atoms with Crippen LogP contribution < -0.4 is 21.3 Å². The second-order valence-corrected chi connectivity index (χ2v) is 12.5. The molecule has 1 heterocycles. The first-order chi connectivity index (χ1) is 18.2. The normalized spacial score (nSPS) is 30.7. The fraction of sp³-hybridized carbons (Fsp3) is 0.931. The molecule has 0 radical (unpaired) electrons. The minimum Gasteiger partial charge on any atom is -0.459 e. The Morgan fingerprint density at radius 1 is 0.895 bits per heavy atom. The van der Waals surface area contributed by atoms with Gasteiger partial charge in [-0.3, -0.25) is 25.5 Å². The number of nitrogens with one attached hydrogen (secondary N) is 4. The average Bonchev–Trinajstić information content (AvgIpc) is 2.90. The van der Waals surface area contributed by atoms with Gasteiger partial charge in [-0.25, -0.2) is 0 Å². The Morgan fingerprint density at radius 2 is 1.53 bits per heavy atom. The molecule has 3 aliphatic rings. The van der Waals surface area contributed by atoms with Crippen molar-refractivity contribution in [3.05, 3.63) is 0 Å². The Kier molecular flexibility index (Phi) is 12.8. The summed E-state index contributed by atoms with van der Waals surface area (Å²) >= 11 is 0. The van der Waals surface area contributed by atoms with Crippen LogP contribution in [0, 0.1) is 17.8 Å². The molecule has 38 heavy (non-hydrogen) atoms. The van der Waals surface area contributed by atoms with Crippen molar-refractivity contribution in [3.63, 3.8) is 0 Å². The van der Waals surface area contributed by atoms with Crippen LogP contribution in [0.3, 0.4) is 0 Å². The Balaban J connectivity index is 1.26. The zero-order valence-corrected chi connectivity index (χ0v) is 24.7. The Morgan fingerprint density at radius 3 is 2.11 bits per heavy atom. The first kappa shape index (κ1) is 31.3. The monoisotopic (exact) mass is 537 g/mol. The standard InChI is InChI=1S/C29H55N5O4/c1-6-34(7-2)16-17-37-25-14-12-24(13-15-25)33-28-31-18-23(19-32-28)21-8-10-22(11-9-21)27(36)30-20-26(35)38-29(3,4)5/h21-25,28,31-33H,6-20H2,1-5H3,(H,30,36). The molecule has 4 N–H and O–H groups in total. The topological polar surface area (TPSA) is 104 Å². The van der Waals surface area contributed by atoms with E-state index in [1.807, 2.05) is 20.8 Å². The van der Waals surface area contributed by atoms with Crippen molar-refractivity contribution in [1.82, 2.24) is 26.2 Å². The molecule has 2 saturated carbocycles. The van der Waals surface area contributed by atoms with Gasteiger partial charge in [-0.15, -0.1) is 0 Å². The molecule has 0 aromatic carbocycles. The molecule has 1 aliphatic heterocycles. The van der Waals surface area contributed by atoms with E-state index in [9.17, 15) is 9.59 Å². The minimum atomic E-state index is -0.532. The van der Waals surface area contributed by atoms with Gasteiger partial charge in [-0.1, -0.05) is 13.8 Å². The number of ether oxygens (including phenoxy) is 2. The molecule has 0 aromatic heterocycles. The molecule has 0 aromatic rings. The summed E-state index contributed by atoms with van der Waals surface area (Å²) in [5.74, 6) is 0.837. The quantitative estimate of drug-likeness (QED) is 0.282. The zero-order chi connectivity index (χ0) is 27.5. The number of likely N-dealkylation sites (N-methyl/N-ethyl adjacent to an activating group) is 1. The van der Waals surface area contributed by atoms with Gasteiger partial charge in [0.15, 0.2) is 0 Å². The van der Waals surface area contributed by atoms with Gasteiger partial charge in [0, 0.05) is 31.6 Å². The summed E-state index contributed by atoms with van der Waals surface area (Å²) in [6.07, 6.45) is 9.11. The van der Waals surface area contributed by atoms with Gasteiger partial charge in [0.25, 0.3) is 0 Å².